The van der Waals surface area contributed by atoms with Crippen LogP contribution in [0.4, 0.5) is 5.69 Å². The van der Waals surface area contributed by atoms with Crippen LogP contribution >= 0.6 is 0 Å². The Hall–Kier alpha value is -2.52. The van der Waals surface area contributed by atoms with Crippen molar-refractivity contribution in [1.29, 1.82) is 0 Å². The number of nitrogens with zero attached hydrogens (tertiary/aromatic N) is 3. The fourth-order valence-electron chi connectivity index (χ4n) is 2.51. The second-order valence-electron chi connectivity index (χ2n) is 5.58. The molecule has 0 amide bonds. The standard InChI is InChI=1S/C17H25N5O4/c1-6-12-14(17(23)26-7-2)15(11-9-18-22-16(11)19-12)21-20-10(3)8-13(24-4)25-5/h9,13H,6-8H2,1-5H3,(H2,18,19,21,22)/b20-10+. The number of hydrogen-bond donors (Lipinski definition) is 2. The molecule has 0 aliphatic heterocycles. The molecule has 142 valence electrons. The van der Waals surface area contributed by atoms with Crippen molar-refractivity contribution in [3.63, 3.8) is 0 Å². The van der Waals surface area contributed by atoms with E-state index in [0.717, 1.165) is 5.71 Å². The van der Waals surface area contributed by atoms with E-state index in [0.29, 0.717) is 40.8 Å². The van der Waals surface area contributed by atoms with Gasteiger partial charge in [0.2, 0.25) is 0 Å². The number of pyridine rings is 1. The number of nitrogens with one attached hydrogen (secondary N) is 2. The molecule has 2 aromatic rings. The molecule has 0 aliphatic rings. The SMILES string of the molecule is CCOC(=O)c1c(CC)nc2[nH]ncc2c1N/N=C(\C)CC(OC)OC. The van der Waals surface area contributed by atoms with Crippen LogP contribution < -0.4 is 5.43 Å². The number of hydrazone groups is 1. The van der Waals surface area contributed by atoms with Crippen LogP contribution in [0.3, 0.4) is 0 Å². The lowest BCUT2D eigenvalue weighted by molar-refractivity contribution is -0.0958. The fraction of sp³-hybridized carbons (Fsp3) is 0.529. The first kappa shape index (κ1) is 19.8. The van der Waals surface area contributed by atoms with Gasteiger partial charge in [-0.05, 0) is 20.3 Å². The molecule has 2 aromatic heterocycles. The van der Waals surface area contributed by atoms with E-state index >= 15 is 0 Å². The summed E-state index contributed by atoms with van der Waals surface area (Å²) >= 11 is 0. The first-order valence-electron chi connectivity index (χ1n) is 8.43. The van der Waals surface area contributed by atoms with Crippen LogP contribution in [0.25, 0.3) is 11.0 Å². The van der Waals surface area contributed by atoms with Crippen molar-refractivity contribution in [1.82, 2.24) is 15.2 Å². The van der Waals surface area contributed by atoms with Crippen LogP contribution in [0.2, 0.25) is 0 Å². The van der Waals surface area contributed by atoms with Gasteiger partial charge in [0, 0.05) is 26.4 Å². The number of aryl methyl sites for hydroxylation is 1. The highest BCUT2D eigenvalue weighted by atomic mass is 16.7. The Morgan fingerprint density at radius 3 is 2.69 bits per heavy atom. The van der Waals surface area contributed by atoms with E-state index in [1.165, 1.54) is 0 Å². The first-order valence-corrected chi connectivity index (χ1v) is 8.43. The van der Waals surface area contributed by atoms with E-state index in [1.807, 2.05) is 13.8 Å². The quantitative estimate of drug-likeness (QED) is 0.305. The van der Waals surface area contributed by atoms with E-state index in [4.69, 9.17) is 14.2 Å². The molecule has 0 radical (unpaired) electrons. The Kier molecular flexibility index (Phi) is 7.05. The lowest BCUT2D eigenvalue weighted by atomic mass is 10.1. The number of H-pyrrole nitrogens is 1. The van der Waals surface area contributed by atoms with Gasteiger partial charge in [-0.25, -0.2) is 9.78 Å². The molecule has 0 atom stereocenters. The summed E-state index contributed by atoms with van der Waals surface area (Å²) < 4.78 is 15.6. The molecule has 0 aromatic carbocycles. The predicted octanol–water partition coefficient (Wildman–Crippen LogP) is 2.49. The molecule has 0 saturated carbocycles. The first-order chi connectivity index (χ1) is 12.5. The summed E-state index contributed by atoms with van der Waals surface area (Å²) in [6.45, 7) is 5.80. The number of aromatic nitrogens is 3. The number of methoxy groups -OCH3 is 2. The summed E-state index contributed by atoms with van der Waals surface area (Å²) in [6.07, 6.45) is 2.26. The third-order valence-corrected chi connectivity index (χ3v) is 3.83. The third kappa shape index (κ3) is 4.36. The maximum absolute atomic E-state index is 12.5. The lowest BCUT2D eigenvalue weighted by Crippen LogP contribution is -2.18. The van der Waals surface area contributed by atoms with E-state index in [2.05, 4.69) is 25.7 Å². The number of carbonyl (C=O) groups is 1. The maximum Gasteiger partial charge on any atom is 0.342 e. The molecular weight excluding hydrogens is 338 g/mol. The van der Waals surface area contributed by atoms with E-state index < -0.39 is 5.97 Å². The van der Waals surface area contributed by atoms with Crippen molar-refractivity contribution in [2.24, 2.45) is 5.10 Å². The van der Waals surface area contributed by atoms with Gasteiger partial charge in [0.25, 0.3) is 0 Å². The van der Waals surface area contributed by atoms with Gasteiger partial charge >= 0.3 is 5.97 Å². The second-order valence-corrected chi connectivity index (χ2v) is 5.58. The van der Waals surface area contributed by atoms with Gasteiger partial charge in [0.15, 0.2) is 11.9 Å². The molecule has 0 fully saturated rings. The molecule has 2 N–H and O–H groups in total. The van der Waals surface area contributed by atoms with Gasteiger partial charge in [-0.2, -0.15) is 10.2 Å². The van der Waals surface area contributed by atoms with Gasteiger partial charge in [-0.1, -0.05) is 6.92 Å². The average Bonchev–Trinajstić information content (AvgIpc) is 3.11. The van der Waals surface area contributed by atoms with Gasteiger partial charge in [-0.15, -0.1) is 0 Å². The molecule has 26 heavy (non-hydrogen) atoms. The fourth-order valence-corrected chi connectivity index (χ4v) is 2.51. The number of rotatable bonds is 9. The summed E-state index contributed by atoms with van der Waals surface area (Å²) in [6, 6.07) is 0. The zero-order valence-corrected chi connectivity index (χ0v) is 15.8. The van der Waals surface area contributed by atoms with Gasteiger partial charge in [-0.3, -0.25) is 10.5 Å². The highest BCUT2D eigenvalue weighted by Crippen LogP contribution is 2.29. The van der Waals surface area contributed by atoms with Gasteiger partial charge < -0.3 is 14.2 Å². The minimum Gasteiger partial charge on any atom is -0.462 e. The minimum absolute atomic E-state index is 0.274. The number of carbonyl (C=O) groups excluding carboxylic acids is 1. The van der Waals surface area contributed by atoms with Crippen LogP contribution in [0, 0.1) is 0 Å². The van der Waals surface area contributed by atoms with Crippen molar-refractivity contribution >= 4 is 28.4 Å². The number of anilines is 1. The number of fused-ring (bicyclic) bond motifs is 1. The van der Waals surface area contributed by atoms with Crippen LogP contribution in [0.15, 0.2) is 11.3 Å². The molecule has 9 nitrogen and oxygen atoms in total. The van der Waals surface area contributed by atoms with E-state index in [1.54, 1.807) is 27.3 Å². The van der Waals surface area contributed by atoms with Gasteiger partial charge in [0.1, 0.15) is 5.56 Å². The normalized spacial score (nSPS) is 12.0. The Labute approximate surface area is 152 Å². The molecule has 0 bridgehead atoms. The third-order valence-electron chi connectivity index (χ3n) is 3.83. The van der Waals surface area contributed by atoms with Crippen molar-refractivity contribution in [2.45, 2.75) is 39.9 Å². The highest BCUT2D eigenvalue weighted by molar-refractivity contribution is 6.05. The summed E-state index contributed by atoms with van der Waals surface area (Å²) in [5, 5.41) is 11.9. The van der Waals surface area contributed by atoms with Crippen molar-refractivity contribution in [3.05, 3.63) is 17.5 Å². The number of aromatic amines is 1. The van der Waals surface area contributed by atoms with Crippen LogP contribution in [0.5, 0.6) is 0 Å². The summed E-state index contributed by atoms with van der Waals surface area (Å²) in [4.78, 5) is 17.0. The van der Waals surface area contributed by atoms with Crippen LogP contribution in [0.1, 0.15) is 43.2 Å². The average molecular weight is 363 g/mol. The predicted molar refractivity (Wildman–Crippen MR) is 98.4 cm³/mol. The summed E-state index contributed by atoms with van der Waals surface area (Å²) in [5.41, 5.74) is 5.82. The Morgan fingerprint density at radius 2 is 2.08 bits per heavy atom. The number of ether oxygens (including phenoxy) is 3. The highest BCUT2D eigenvalue weighted by Gasteiger charge is 2.22. The Bertz CT molecular complexity index is 783. The van der Waals surface area contributed by atoms with Crippen molar-refractivity contribution in [3.8, 4) is 0 Å². The molecule has 0 aliphatic carbocycles. The molecule has 2 heterocycles. The summed E-state index contributed by atoms with van der Waals surface area (Å²) in [7, 11) is 3.14. The maximum atomic E-state index is 12.5. The zero-order chi connectivity index (χ0) is 19.1. The van der Waals surface area contributed by atoms with E-state index in [9.17, 15) is 4.79 Å². The zero-order valence-electron chi connectivity index (χ0n) is 15.8. The smallest absolute Gasteiger partial charge is 0.342 e. The molecular formula is C17H25N5O4. The number of esters is 1. The Balaban J connectivity index is 2.44. The second kappa shape index (κ2) is 9.25. The molecule has 2 rings (SSSR count). The topological polar surface area (TPSA) is 111 Å². The Morgan fingerprint density at radius 1 is 1.35 bits per heavy atom. The van der Waals surface area contributed by atoms with Crippen LogP contribution in [-0.2, 0) is 20.6 Å². The molecule has 0 saturated heterocycles. The van der Waals surface area contributed by atoms with Crippen molar-refractivity contribution < 1.29 is 19.0 Å². The van der Waals surface area contributed by atoms with E-state index in [-0.39, 0.29) is 12.9 Å². The molecule has 0 unspecified atom stereocenters. The minimum atomic E-state index is -0.443. The van der Waals surface area contributed by atoms with Gasteiger partial charge in [0.05, 0.1) is 29.6 Å². The monoisotopic (exact) mass is 363 g/mol. The molecule has 0 spiro atoms. The lowest BCUT2D eigenvalue weighted by Gasteiger charge is -2.15. The summed E-state index contributed by atoms with van der Waals surface area (Å²) in [5.74, 6) is -0.443. The van der Waals surface area contributed by atoms with Crippen molar-refractivity contribution in [2.75, 3.05) is 26.3 Å². The molecule has 9 heteroatoms. The largest absolute Gasteiger partial charge is 0.462 e. The van der Waals surface area contributed by atoms with Crippen LogP contribution in [-0.4, -0.2) is 54.0 Å². The number of hydrogen-bond acceptors (Lipinski definition) is 8.